The highest BCUT2D eigenvalue weighted by Gasteiger charge is 2.31. The van der Waals surface area contributed by atoms with Crippen LogP contribution in [0.15, 0.2) is 18.2 Å². The number of carbonyl (C=O) groups excluding carboxylic acids is 1. The first-order valence-corrected chi connectivity index (χ1v) is 9.91. The lowest BCUT2D eigenvalue weighted by Crippen LogP contribution is -2.30. The van der Waals surface area contributed by atoms with Crippen molar-refractivity contribution in [1.82, 2.24) is 4.31 Å². The van der Waals surface area contributed by atoms with E-state index in [9.17, 15) is 26.4 Å². The highest BCUT2D eigenvalue weighted by molar-refractivity contribution is 7.89. The Morgan fingerprint density at radius 3 is 2.37 bits per heavy atom. The average Bonchev–Trinajstić information content (AvgIpc) is 3.08. The molecule has 0 unspecified atom stereocenters. The Balaban J connectivity index is 0.00000364. The van der Waals surface area contributed by atoms with Crippen LogP contribution in [0.3, 0.4) is 0 Å². The molecule has 0 radical (unpaired) electrons. The van der Waals surface area contributed by atoms with Crippen molar-refractivity contribution < 1.29 is 26.4 Å². The van der Waals surface area contributed by atoms with Crippen LogP contribution in [-0.4, -0.2) is 37.5 Å². The molecule has 0 saturated carbocycles. The molecule has 0 atom stereocenters. The summed E-state index contributed by atoms with van der Waals surface area (Å²) in [6.07, 6.45) is -2.87. The number of carbonyl (C=O) groups is 1. The number of hydrogen-bond acceptors (Lipinski definition) is 4. The van der Waals surface area contributed by atoms with Crippen molar-refractivity contribution in [2.75, 3.05) is 24.2 Å². The average molecular weight is 430 g/mol. The third kappa shape index (κ3) is 6.95. The number of rotatable bonds is 7. The summed E-state index contributed by atoms with van der Waals surface area (Å²) >= 11 is 0. The van der Waals surface area contributed by atoms with Crippen LogP contribution < -0.4 is 11.1 Å². The first kappa shape index (κ1) is 23.7. The fraction of sp³-hybridized carbons (Fsp3) is 0.562. The van der Waals surface area contributed by atoms with Gasteiger partial charge in [0.1, 0.15) is 0 Å². The summed E-state index contributed by atoms with van der Waals surface area (Å²) in [6.45, 7) is 0.905. The van der Waals surface area contributed by atoms with Gasteiger partial charge in [-0.25, -0.2) is 12.7 Å². The number of sulfonamides is 1. The molecule has 1 amide bonds. The predicted molar refractivity (Wildman–Crippen MR) is 99.0 cm³/mol. The van der Waals surface area contributed by atoms with E-state index in [-0.39, 0.29) is 48.8 Å². The van der Waals surface area contributed by atoms with Crippen LogP contribution in [0.5, 0.6) is 0 Å². The number of nitrogens with zero attached hydrogens (tertiary/aromatic N) is 1. The Morgan fingerprint density at radius 2 is 1.81 bits per heavy atom. The van der Waals surface area contributed by atoms with Gasteiger partial charge in [0.15, 0.2) is 0 Å². The van der Waals surface area contributed by atoms with Crippen molar-refractivity contribution in [3.8, 4) is 0 Å². The number of nitrogens with one attached hydrogen (secondary N) is 1. The van der Waals surface area contributed by atoms with Gasteiger partial charge in [0.05, 0.1) is 11.3 Å². The maximum atomic E-state index is 12.9. The fourth-order valence-electron chi connectivity index (χ4n) is 2.78. The molecule has 1 heterocycles. The highest BCUT2D eigenvalue weighted by atomic mass is 35.5. The number of amides is 1. The van der Waals surface area contributed by atoms with Crippen molar-refractivity contribution in [3.05, 3.63) is 29.3 Å². The third-order valence-electron chi connectivity index (χ3n) is 4.10. The van der Waals surface area contributed by atoms with Crippen LogP contribution in [0, 0.1) is 0 Å². The van der Waals surface area contributed by atoms with Gasteiger partial charge < -0.3 is 11.1 Å². The van der Waals surface area contributed by atoms with Crippen molar-refractivity contribution in [2.45, 2.75) is 38.4 Å². The van der Waals surface area contributed by atoms with Gasteiger partial charge in [-0.15, -0.1) is 12.4 Å². The van der Waals surface area contributed by atoms with E-state index in [1.165, 1.54) is 10.4 Å². The Kier molecular flexibility index (Phi) is 8.52. The van der Waals surface area contributed by atoms with Crippen LogP contribution in [0.1, 0.15) is 36.8 Å². The molecule has 1 fully saturated rings. The Hall–Kier alpha value is -1.36. The second kappa shape index (κ2) is 9.72. The van der Waals surface area contributed by atoms with Gasteiger partial charge in [0, 0.05) is 31.7 Å². The zero-order valence-electron chi connectivity index (χ0n) is 14.6. The molecule has 0 aliphatic carbocycles. The van der Waals surface area contributed by atoms with Gasteiger partial charge in [0.2, 0.25) is 15.9 Å². The lowest BCUT2D eigenvalue weighted by atomic mass is 10.1. The van der Waals surface area contributed by atoms with Gasteiger partial charge in [-0.1, -0.05) is 0 Å². The highest BCUT2D eigenvalue weighted by Crippen LogP contribution is 2.32. The predicted octanol–water partition coefficient (Wildman–Crippen LogP) is 2.73. The summed E-state index contributed by atoms with van der Waals surface area (Å²) in [5, 5.41) is 2.38. The molecule has 6 nitrogen and oxygen atoms in total. The largest absolute Gasteiger partial charge is 0.416 e. The molecule has 1 saturated heterocycles. The topological polar surface area (TPSA) is 92.5 Å². The SMILES string of the molecule is Cl.NCc1cc(NC(=O)CCCS(=O)(=O)N2CCCC2)cc(C(F)(F)F)c1. The molecule has 0 aromatic heterocycles. The van der Waals surface area contributed by atoms with Gasteiger partial charge in [-0.3, -0.25) is 4.79 Å². The summed E-state index contributed by atoms with van der Waals surface area (Å²) in [7, 11) is -3.38. The number of alkyl halides is 3. The minimum absolute atomic E-state index is 0. The monoisotopic (exact) mass is 429 g/mol. The number of halogens is 4. The summed E-state index contributed by atoms with van der Waals surface area (Å²) in [5.41, 5.74) is 4.74. The molecule has 154 valence electrons. The summed E-state index contributed by atoms with van der Waals surface area (Å²) < 4.78 is 64.2. The minimum Gasteiger partial charge on any atom is -0.326 e. The van der Waals surface area contributed by atoms with Crippen molar-refractivity contribution in [2.24, 2.45) is 5.73 Å². The molecule has 1 aliphatic rings. The number of anilines is 1. The van der Waals surface area contributed by atoms with Gasteiger partial charge in [-0.2, -0.15) is 13.2 Å². The maximum absolute atomic E-state index is 12.9. The molecule has 0 bridgehead atoms. The molecule has 0 spiro atoms. The lowest BCUT2D eigenvalue weighted by molar-refractivity contribution is -0.137. The molecule has 1 aliphatic heterocycles. The smallest absolute Gasteiger partial charge is 0.326 e. The molecule has 3 N–H and O–H groups in total. The summed E-state index contributed by atoms with van der Waals surface area (Å²) in [5.74, 6) is -0.694. The Bertz CT molecular complexity index is 751. The van der Waals surface area contributed by atoms with E-state index in [4.69, 9.17) is 5.73 Å². The van der Waals surface area contributed by atoms with E-state index in [0.717, 1.165) is 25.0 Å². The normalized spacial score (nSPS) is 15.4. The van der Waals surface area contributed by atoms with Crippen LogP contribution in [0.2, 0.25) is 0 Å². The molecule has 27 heavy (non-hydrogen) atoms. The van der Waals surface area contributed by atoms with E-state index in [0.29, 0.717) is 13.1 Å². The number of hydrogen-bond donors (Lipinski definition) is 2. The molecule has 2 rings (SSSR count). The van der Waals surface area contributed by atoms with E-state index in [2.05, 4.69) is 5.32 Å². The van der Waals surface area contributed by atoms with E-state index < -0.39 is 27.7 Å². The zero-order chi connectivity index (χ0) is 19.4. The molecule has 1 aromatic rings. The van der Waals surface area contributed by atoms with Gasteiger partial charge in [0.25, 0.3) is 0 Å². The van der Waals surface area contributed by atoms with E-state index >= 15 is 0 Å². The van der Waals surface area contributed by atoms with Crippen molar-refractivity contribution in [1.29, 1.82) is 0 Å². The standard InChI is InChI=1S/C16H22F3N3O3S.ClH/c17-16(18,19)13-8-12(11-20)9-14(10-13)21-15(23)4-3-7-26(24,25)22-5-1-2-6-22;/h8-10H,1-7,11,20H2,(H,21,23);1H. The second-order valence-electron chi connectivity index (χ2n) is 6.19. The number of nitrogens with two attached hydrogens (primary N) is 1. The Labute approximate surface area is 162 Å². The molecular weight excluding hydrogens is 407 g/mol. The molecule has 1 aromatic carbocycles. The molecular formula is C16H23ClF3N3O3S. The number of benzene rings is 1. The van der Waals surface area contributed by atoms with Crippen LogP contribution in [0.4, 0.5) is 18.9 Å². The van der Waals surface area contributed by atoms with Crippen LogP contribution in [0.25, 0.3) is 0 Å². The van der Waals surface area contributed by atoms with Crippen LogP contribution >= 0.6 is 12.4 Å². The van der Waals surface area contributed by atoms with E-state index in [1.807, 2.05) is 0 Å². The summed E-state index contributed by atoms with van der Waals surface area (Å²) in [4.78, 5) is 11.9. The quantitative estimate of drug-likeness (QED) is 0.697. The van der Waals surface area contributed by atoms with Crippen molar-refractivity contribution in [3.63, 3.8) is 0 Å². The zero-order valence-corrected chi connectivity index (χ0v) is 16.2. The second-order valence-corrected chi connectivity index (χ2v) is 8.28. The molecule has 11 heteroatoms. The third-order valence-corrected chi connectivity index (χ3v) is 6.06. The van der Waals surface area contributed by atoms with Gasteiger partial charge >= 0.3 is 6.18 Å². The van der Waals surface area contributed by atoms with E-state index in [1.54, 1.807) is 0 Å². The first-order valence-electron chi connectivity index (χ1n) is 8.31. The lowest BCUT2D eigenvalue weighted by Gasteiger charge is -2.15. The first-order chi connectivity index (χ1) is 12.1. The Morgan fingerprint density at radius 1 is 1.19 bits per heavy atom. The fourth-order valence-corrected chi connectivity index (χ4v) is 4.36. The maximum Gasteiger partial charge on any atom is 0.416 e. The van der Waals surface area contributed by atoms with Gasteiger partial charge in [-0.05, 0) is 43.0 Å². The van der Waals surface area contributed by atoms with Crippen LogP contribution in [-0.2, 0) is 27.5 Å². The summed E-state index contributed by atoms with van der Waals surface area (Å²) in [6, 6.07) is 3.13. The van der Waals surface area contributed by atoms with Crippen molar-refractivity contribution >= 4 is 34.0 Å². The minimum atomic E-state index is -4.55.